The van der Waals surface area contributed by atoms with Crippen molar-refractivity contribution in [2.45, 2.75) is 26.2 Å². The summed E-state index contributed by atoms with van der Waals surface area (Å²) in [6.07, 6.45) is 0. The zero-order valence-electron chi connectivity index (χ0n) is 21.1. The third-order valence-corrected chi connectivity index (χ3v) is 6.84. The van der Waals surface area contributed by atoms with Crippen LogP contribution in [-0.4, -0.2) is 14.5 Å². The fourth-order valence-corrected chi connectivity index (χ4v) is 4.83. The highest BCUT2D eigenvalue weighted by atomic mass is 15.1. The molecule has 37 heavy (non-hydrogen) atoms. The van der Waals surface area contributed by atoms with Gasteiger partial charge in [-0.05, 0) is 35.2 Å². The molecule has 6 aromatic rings. The Balaban J connectivity index is 1.61. The molecule has 0 radical (unpaired) electrons. The van der Waals surface area contributed by atoms with Crippen molar-refractivity contribution in [2.75, 3.05) is 0 Å². The lowest BCUT2D eigenvalue weighted by Crippen LogP contribution is -2.10. The lowest BCUT2D eigenvalue weighted by Gasteiger charge is -2.19. The highest BCUT2D eigenvalue weighted by Gasteiger charge is 2.17. The molecule has 2 aromatic heterocycles. The molecule has 0 fully saturated rings. The highest BCUT2D eigenvalue weighted by molar-refractivity contribution is 6.09. The minimum Gasteiger partial charge on any atom is -0.294 e. The molecular weight excluding hydrogens is 452 g/mol. The molecule has 0 bridgehead atoms. The number of benzene rings is 4. The van der Waals surface area contributed by atoms with E-state index in [1.165, 1.54) is 16.3 Å². The molecular formula is C33H26N4. The fourth-order valence-electron chi connectivity index (χ4n) is 4.83. The van der Waals surface area contributed by atoms with E-state index >= 15 is 0 Å². The topological polar surface area (TPSA) is 54.5 Å². The summed E-state index contributed by atoms with van der Waals surface area (Å²) in [5.41, 5.74) is 6.87. The first kappa shape index (κ1) is 22.7. The number of nitrogens with zero attached hydrogens (tertiary/aromatic N) is 4. The van der Waals surface area contributed by atoms with Gasteiger partial charge in [-0.15, -0.1) is 0 Å². The molecule has 6 rings (SSSR count). The van der Waals surface area contributed by atoms with E-state index in [0.29, 0.717) is 11.4 Å². The number of aromatic nitrogens is 3. The van der Waals surface area contributed by atoms with Crippen LogP contribution in [0.3, 0.4) is 0 Å². The van der Waals surface area contributed by atoms with Crippen LogP contribution in [0.5, 0.6) is 0 Å². The van der Waals surface area contributed by atoms with Gasteiger partial charge in [0, 0.05) is 28.0 Å². The Hall–Kier alpha value is -4.75. The van der Waals surface area contributed by atoms with Crippen LogP contribution in [-0.2, 0) is 5.41 Å². The zero-order chi connectivity index (χ0) is 25.6. The van der Waals surface area contributed by atoms with Gasteiger partial charge in [0.05, 0.1) is 28.4 Å². The van der Waals surface area contributed by atoms with Crippen molar-refractivity contribution in [3.63, 3.8) is 0 Å². The van der Waals surface area contributed by atoms with Crippen molar-refractivity contribution in [2.24, 2.45) is 0 Å². The monoisotopic (exact) mass is 478 g/mol. The van der Waals surface area contributed by atoms with Gasteiger partial charge in [0.2, 0.25) is 0 Å². The second-order valence-electron chi connectivity index (χ2n) is 10.3. The number of hydrogen-bond acceptors (Lipinski definition) is 3. The average Bonchev–Trinajstić information content (AvgIpc) is 3.27. The molecule has 0 aliphatic rings. The lowest BCUT2D eigenvalue weighted by atomic mass is 9.86. The summed E-state index contributed by atoms with van der Waals surface area (Å²) >= 11 is 0. The Bertz CT molecular complexity index is 1740. The molecule has 0 aliphatic carbocycles. The van der Waals surface area contributed by atoms with Gasteiger partial charge >= 0.3 is 0 Å². The van der Waals surface area contributed by atoms with Crippen LogP contribution >= 0.6 is 0 Å². The van der Waals surface area contributed by atoms with E-state index in [1.54, 1.807) is 0 Å². The van der Waals surface area contributed by atoms with E-state index in [1.807, 2.05) is 30.3 Å². The number of nitriles is 1. The van der Waals surface area contributed by atoms with Crippen molar-refractivity contribution < 1.29 is 0 Å². The molecule has 0 unspecified atom stereocenters. The van der Waals surface area contributed by atoms with E-state index in [9.17, 15) is 5.26 Å². The van der Waals surface area contributed by atoms with Gasteiger partial charge in [0.25, 0.3) is 0 Å². The molecule has 0 atom stereocenters. The van der Waals surface area contributed by atoms with Crippen LogP contribution in [0, 0.1) is 11.3 Å². The second kappa shape index (κ2) is 8.72. The second-order valence-corrected chi connectivity index (χ2v) is 10.3. The third kappa shape index (κ3) is 4.05. The van der Waals surface area contributed by atoms with E-state index in [4.69, 9.17) is 9.97 Å². The molecule has 0 saturated carbocycles. The zero-order valence-corrected chi connectivity index (χ0v) is 21.1. The molecule has 0 N–H and O–H groups in total. The molecule has 0 aliphatic heterocycles. The Morgan fingerprint density at radius 2 is 1.24 bits per heavy atom. The Morgan fingerprint density at radius 1 is 0.676 bits per heavy atom. The summed E-state index contributed by atoms with van der Waals surface area (Å²) in [6, 6.07) is 37.2. The first-order valence-electron chi connectivity index (χ1n) is 12.4. The van der Waals surface area contributed by atoms with Crippen molar-refractivity contribution in [3.8, 4) is 34.5 Å². The highest BCUT2D eigenvalue weighted by Crippen LogP contribution is 2.33. The number of hydrogen-bond donors (Lipinski definition) is 0. The molecule has 4 nitrogen and oxygen atoms in total. The van der Waals surface area contributed by atoms with Crippen LogP contribution in [0.25, 0.3) is 50.3 Å². The fraction of sp³-hybridized carbons (Fsp3) is 0.121. The molecule has 0 saturated heterocycles. The SMILES string of the molecule is CC(C)(C)c1ccc(-c2nc(-c3ccc(C#N)cc3)cc(-n3c4ccccc4c4ccccc43)n2)cc1. The number of fused-ring (bicyclic) bond motifs is 3. The molecule has 2 heterocycles. The first-order valence-corrected chi connectivity index (χ1v) is 12.4. The molecule has 0 spiro atoms. The maximum atomic E-state index is 9.26. The molecule has 4 heteroatoms. The van der Waals surface area contributed by atoms with Gasteiger partial charge in [0.15, 0.2) is 5.82 Å². The van der Waals surface area contributed by atoms with E-state index in [0.717, 1.165) is 33.7 Å². The predicted octanol–water partition coefficient (Wildman–Crippen LogP) is 8.08. The summed E-state index contributed by atoms with van der Waals surface area (Å²) in [6.45, 7) is 6.64. The van der Waals surface area contributed by atoms with Gasteiger partial charge in [-0.1, -0.05) is 93.6 Å². The van der Waals surface area contributed by atoms with Gasteiger partial charge < -0.3 is 0 Å². The maximum Gasteiger partial charge on any atom is 0.162 e. The van der Waals surface area contributed by atoms with Crippen LogP contribution in [0.15, 0.2) is 103 Å². The number of para-hydroxylation sites is 2. The minimum absolute atomic E-state index is 0.0673. The van der Waals surface area contributed by atoms with Crippen LogP contribution in [0.1, 0.15) is 31.9 Å². The van der Waals surface area contributed by atoms with Crippen LogP contribution in [0.4, 0.5) is 0 Å². The molecule has 178 valence electrons. The largest absolute Gasteiger partial charge is 0.294 e. The van der Waals surface area contributed by atoms with Crippen molar-refractivity contribution in [1.29, 1.82) is 5.26 Å². The van der Waals surface area contributed by atoms with Crippen molar-refractivity contribution in [1.82, 2.24) is 14.5 Å². The predicted molar refractivity (Wildman–Crippen MR) is 151 cm³/mol. The van der Waals surface area contributed by atoms with Crippen LogP contribution in [0.2, 0.25) is 0 Å². The lowest BCUT2D eigenvalue weighted by molar-refractivity contribution is 0.590. The van der Waals surface area contributed by atoms with Crippen LogP contribution < -0.4 is 0 Å². The summed E-state index contributed by atoms with van der Waals surface area (Å²) in [4.78, 5) is 10.1. The number of rotatable bonds is 3. The first-order chi connectivity index (χ1) is 17.9. The smallest absolute Gasteiger partial charge is 0.162 e. The Morgan fingerprint density at radius 3 is 1.81 bits per heavy atom. The standard InChI is InChI=1S/C33H26N4/c1-33(2,3)25-18-16-24(17-19-25)32-35-28(23-14-12-22(21-34)13-15-23)20-31(36-32)37-29-10-6-4-8-26(29)27-9-5-7-11-30(27)37/h4-20H,1-3H3. The average molecular weight is 479 g/mol. The van der Waals surface area contributed by atoms with E-state index in [2.05, 4.69) is 104 Å². The summed E-state index contributed by atoms with van der Waals surface area (Å²) < 4.78 is 2.21. The maximum absolute atomic E-state index is 9.26. The molecule has 4 aromatic carbocycles. The molecule has 0 amide bonds. The normalized spacial score (nSPS) is 11.6. The Labute approximate surface area is 216 Å². The third-order valence-electron chi connectivity index (χ3n) is 6.84. The van der Waals surface area contributed by atoms with Gasteiger partial charge in [0.1, 0.15) is 5.82 Å². The van der Waals surface area contributed by atoms with Crippen molar-refractivity contribution >= 4 is 21.8 Å². The Kier molecular flexibility index (Phi) is 5.35. The van der Waals surface area contributed by atoms with E-state index < -0.39 is 0 Å². The van der Waals surface area contributed by atoms with Gasteiger partial charge in [-0.25, -0.2) is 9.97 Å². The summed E-state index contributed by atoms with van der Waals surface area (Å²) in [7, 11) is 0. The quantitative estimate of drug-likeness (QED) is 0.258. The minimum atomic E-state index is 0.0673. The summed E-state index contributed by atoms with van der Waals surface area (Å²) in [5.74, 6) is 1.47. The van der Waals surface area contributed by atoms with E-state index in [-0.39, 0.29) is 5.41 Å². The van der Waals surface area contributed by atoms with Crippen molar-refractivity contribution in [3.05, 3.63) is 114 Å². The summed E-state index contributed by atoms with van der Waals surface area (Å²) in [5, 5.41) is 11.6. The van der Waals surface area contributed by atoms with Gasteiger partial charge in [-0.3, -0.25) is 4.57 Å². The van der Waals surface area contributed by atoms with Gasteiger partial charge in [-0.2, -0.15) is 5.26 Å².